The zero-order valence-corrected chi connectivity index (χ0v) is 19.2. The van der Waals surface area contributed by atoms with Crippen LogP contribution in [0.3, 0.4) is 0 Å². The normalized spacial score (nSPS) is 12.4. The molecular formula is C25H50O3. The largest absolute Gasteiger partial charge is 0.481 e. The van der Waals surface area contributed by atoms with Crippen LogP contribution in [0.2, 0.25) is 0 Å². The average molecular weight is 399 g/mol. The fourth-order valence-corrected chi connectivity index (χ4v) is 3.95. The van der Waals surface area contributed by atoms with Crippen molar-refractivity contribution in [2.75, 3.05) is 7.11 Å². The van der Waals surface area contributed by atoms with E-state index in [0.29, 0.717) is 0 Å². The van der Waals surface area contributed by atoms with Gasteiger partial charge in [0.1, 0.15) is 0 Å². The Bertz CT molecular complexity index is 317. The van der Waals surface area contributed by atoms with E-state index in [4.69, 9.17) is 9.84 Å². The first-order chi connectivity index (χ1) is 13.7. The van der Waals surface area contributed by atoms with E-state index >= 15 is 0 Å². The first kappa shape index (κ1) is 27.4. The fourth-order valence-electron chi connectivity index (χ4n) is 3.95. The lowest BCUT2D eigenvalue weighted by Crippen LogP contribution is -2.15. The van der Waals surface area contributed by atoms with E-state index in [1.165, 1.54) is 116 Å². The summed E-state index contributed by atoms with van der Waals surface area (Å²) >= 11 is 0. The molecule has 3 nitrogen and oxygen atoms in total. The van der Waals surface area contributed by atoms with Gasteiger partial charge in [-0.3, -0.25) is 4.79 Å². The summed E-state index contributed by atoms with van der Waals surface area (Å²) in [7, 11) is 1.61. The summed E-state index contributed by atoms with van der Waals surface area (Å²) in [6.45, 7) is 2.28. The summed E-state index contributed by atoms with van der Waals surface area (Å²) < 4.78 is 5.22. The predicted molar refractivity (Wildman–Crippen MR) is 121 cm³/mol. The number of carbonyl (C=O) groups is 1. The Kier molecular flexibility index (Phi) is 22.3. The van der Waals surface area contributed by atoms with Crippen LogP contribution in [0, 0.1) is 0 Å². The van der Waals surface area contributed by atoms with Crippen LogP contribution in [0.4, 0.5) is 0 Å². The highest BCUT2D eigenvalue weighted by atomic mass is 16.5. The molecule has 0 aromatic carbocycles. The molecule has 3 heteroatoms. The van der Waals surface area contributed by atoms with Crippen molar-refractivity contribution >= 4 is 5.97 Å². The van der Waals surface area contributed by atoms with Crippen molar-refractivity contribution in [3.8, 4) is 0 Å². The first-order valence-corrected chi connectivity index (χ1v) is 12.4. The van der Waals surface area contributed by atoms with Gasteiger partial charge in [-0.15, -0.1) is 0 Å². The maximum Gasteiger partial charge on any atom is 0.305 e. The van der Waals surface area contributed by atoms with Crippen LogP contribution in [-0.2, 0) is 9.53 Å². The molecule has 0 bridgehead atoms. The van der Waals surface area contributed by atoms with E-state index < -0.39 is 5.97 Å². The smallest absolute Gasteiger partial charge is 0.305 e. The second-order valence-corrected chi connectivity index (χ2v) is 8.61. The van der Waals surface area contributed by atoms with Gasteiger partial charge in [0.15, 0.2) is 0 Å². The second kappa shape index (κ2) is 22.7. The number of carboxylic acid groups (broad SMARTS) is 1. The molecule has 0 aliphatic heterocycles. The van der Waals surface area contributed by atoms with Gasteiger partial charge in [-0.1, -0.05) is 129 Å². The molecule has 0 aromatic rings. The van der Waals surface area contributed by atoms with Crippen LogP contribution in [0.25, 0.3) is 0 Å². The minimum Gasteiger partial charge on any atom is -0.481 e. The molecule has 1 unspecified atom stereocenters. The molecule has 28 heavy (non-hydrogen) atoms. The lowest BCUT2D eigenvalue weighted by Gasteiger charge is -2.12. The van der Waals surface area contributed by atoms with Gasteiger partial charge in [-0.05, 0) is 6.42 Å². The zero-order chi connectivity index (χ0) is 20.7. The van der Waals surface area contributed by atoms with Crippen molar-refractivity contribution in [2.45, 2.75) is 148 Å². The minimum atomic E-state index is -0.760. The molecule has 0 rings (SSSR count). The van der Waals surface area contributed by atoms with Crippen molar-refractivity contribution in [1.29, 1.82) is 0 Å². The Labute approximate surface area is 176 Å². The van der Waals surface area contributed by atoms with Crippen LogP contribution in [0.1, 0.15) is 142 Å². The zero-order valence-electron chi connectivity index (χ0n) is 19.2. The van der Waals surface area contributed by atoms with E-state index in [9.17, 15) is 4.79 Å². The topological polar surface area (TPSA) is 46.5 Å². The lowest BCUT2D eigenvalue weighted by atomic mass is 10.0. The molecule has 0 aliphatic rings. The molecular weight excluding hydrogens is 348 g/mol. The molecule has 168 valence electrons. The number of methoxy groups -OCH3 is 1. The minimum absolute atomic E-state index is 0.108. The van der Waals surface area contributed by atoms with E-state index in [2.05, 4.69) is 6.92 Å². The van der Waals surface area contributed by atoms with Gasteiger partial charge < -0.3 is 9.84 Å². The number of hydrogen-bond acceptors (Lipinski definition) is 2. The highest BCUT2D eigenvalue weighted by Crippen LogP contribution is 2.15. The highest BCUT2D eigenvalue weighted by molar-refractivity contribution is 5.67. The van der Waals surface area contributed by atoms with Crippen molar-refractivity contribution < 1.29 is 14.6 Å². The third-order valence-corrected chi connectivity index (χ3v) is 5.87. The SMILES string of the molecule is CCCCCCCCCCCCCCCCCCCCCC(CC(=O)O)OC. The first-order valence-electron chi connectivity index (χ1n) is 12.4. The van der Waals surface area contributed by atoms with Crippen LogP contribution < -0.4 is 0 Å². The maximum atomic E-state index is 10.7. The third kappa shape index (κ3) is 21.7. The Morgan fingerprint density at radius 2 is 0.964 bits per heavy atom. The standard InChI is InChI=1S/C25H50O3/c1-3-4-5-6-7-8-9-10-11-12-13-14-15-16-17-18-19-20-21-22-24(28-2)23-25(26)27/h24H,3-23H2,1-2H3,(H,26,27). The number of hydrogen-bond donors (Lipinski definition) is 1. The Hall–Kier alpha value is -0.570. The van der Waals surface area contributed by atoms with E-state index in [0.717, 1.165) is 12.8 Å². The van der Waals surface area contributed by atoms with Gasteiger partial charge >= 0.3 is 5.97 Å². The molecule has 0 amide bonds. The molecule has 0 aliphatic carbocycles. The van der Waals surface area contributed by atoms with Crippen molar-refractivity contribution in [2.24, 2.45) is 0 Å². The van der Waals surface area contributed by atoms with Crippen LogP contribution in [0.15, 0.2) is 0 Å². The van der Waals surface area contributed by atoms with Crippen LogP contribution >= 0.6 is 0 Å². The molecule has 0 fully saturated rings. The summed E-state index contributed by atoms with van der Waals surface area (Å²) in [5.74, 6) is -0.760. The lowest BCUT2D eigenvalue weighted by molar-refractivity contribution is -0.139. The molecule has 0 spiro atoms. The second-order valence-electron chi connectivity index (χ2n) is 8.61. The van der Waals surface area contributed by atoms with Gasteiger partial charge in [-0.2, -0.15) is 0 Å². The molecule has 1 N–H and O–H groups in total. The molecule has 0 saturated carbocycles. The van der Waals surface area contributed by atoms with Gasteiger partial charge in [0.2, 0.25) is 0 Å². The summed E-state index contributed by atoms with van der Waals surface area (Å²) in [6, 6.07) is 0. The molecule has 1 atom stereocenters. The quantitative estimate of drug-likeness (QED) is 0.176. The van der Waals surface area contributed by atoms with Gasteiger partial charge in [0.05, 0.1) is 12.5 Å². The van der Waals surface area contributed by atoms with E-state index in [1.54, 1.807) is 7.11 Å². The van der Waals surface area contributed by atoms with Crippen LogP contribution in [0.5, 0.6) is 0 Å². The summed E-state index contributed by atoms with van der Waals surface area (Å²) in [4.78, 5) is 10.7. The average Bonchev–Trinajstić information content (AvgIpc) is 2.68. The summed E-state index contributed by atoms with van der Waals surface area (Å²) in [5, 5.41) is 8.79. The van der Waals surface area contributed by atoms with Crippen molar-refractivity contribution in [3.63, 3.8) is 0 Å². The molecule has 0 radical (unpaired) electrons. The van der Waals surface area contributed by atoms with Crippen molar-refractivity contribution in [3.05, 3.63) is 0 Å². The Balaban J connectivity index is 3.13. The fraction of sp³-hybridized carbons (Fsp3) is 0.960. The number of rotatable bonds is 23. The molecule has 0 aromatic heterocycles. The molecule has 0 heterocycles. The van der Waals surface area contributed by atoms with E-state index in [-0.39, 0.29) is 12.5 Å². The highest BCUT2D eigenvalue weighted by Gasteiger charge is 2.11. The number of carboxylic acids is 1. The number of aliphatic carboxylic acids is 1. The van der Waals surface area contributed by atoms with Crippen LogP contribution in [-0.4, -0.2) is 24.3 Å². The van der Waals surface area contributed by atoms with Crippen molar-refractivity contribution in [1.82, 2.24) is 0 Å². The Morgan fingerprint density at radius 1 is 0.643 bits per heavy atom. The van der Waals surface area contributed by atoms with E-state index in [1.807, 2.05) is 0 Å². The Morgan fingerprint density at radius 3 is 1.25 bits per heavy atom. The summed E-state index contributed by atoms with van der Waals surface area (Å²) in [5.41, 5.74) is 0. The third-order valence-electron chi connectivity index (χ3n) is 5.87. The summed E-state index contributed by atoms with van der Waals surface area (Å²) in [6.07, 6.45) is 27.2. The molecule has 0 saturated heterocycles. The maximum absolute atomic E-state index is 10.7. The van der Waals surface area contributed by atoms with Gasteiger partial charge in [0.25, 0.3) is 0 Å². The monoisotopic (exact) mass is 398 g/mol. The predicted octanol–water partition coefficient (Wildman–Crippen LogP) is 8.30. The number of unbranched alkanes of at least 4 members (excludes halogenated alkanes) is 18. The van der Waals surface area contributed by atoms with Gasteiger partial charge in [-0.25, -0.2) is 0 Å². The number of ether oxygens (including phenoxy) is 1. The van der Waals surface area contributed by atoms with Gasteiger partial charge in [0, 0.05) is 7.11 Å².